The topological polar surface area (TPSA) is 62.5 Å². The maximum atomic E-state index is 12.7. The summed E-state index contributed by atoms with van der Waals surface area (Å²) >= 11 is 0. The van der Waals surface area contributed by atoms with Crippen LogP contribution in [-0.4, -0.2) is 29.5 Å². The van der Waals surface area contributed by atoms with Crippen LogP contribution in [0.2, 0.25) is 0 Å². The fourth-order valence-corrected chi connectivity index (χ4v) is 3.67. The number of benzene rings is 2. The van der Waals surface area contributed by atoms with Crippen molar-refractivity contribution in [3.63, 3.8) is 0 Å². The Balaban J connectivity index is 0.00000243. The van der Waals surface area contributed by atoms with Gasteiger partial charge in [-0.2, -0.15) is 0 Å². The fraction of sp³-hybridized carbons (Fsp3) is 0.316. The van der Waals surface area contributed by atoms with Gasteiger partial charge in [-0.3, -0.25) is 4.21 Å². The summed E-state index contributed by atoms with van der Waals surface area (Å²) in [6.07, 6.45) is 0.833. The van der Waals surface area contributed by atoms with Gasteiger partial charge in [-0.15, -0.1) is 0 Å². The molecule has 132 valence electrons. The van der Waals surface area contributed by atoms with E-state index in [1.807, 2.05) is 49.4 Å². The molecule has 0 aliphatic rings. The van der Waals surface area contributed by atoms with E-state index in [4.69, 9.17) is 9.47 Å². The average molecular weight is 380 g/mol. The van der Waals surface area contributed by atoms with Crippen molar-refractivity contribution in [3.8, 4) is 5.75 Å². The molecule has 0 aliphatic carbocycles. The molecule has 0 radical (unpaired) electrons. The molecule has 1 heterocycles. The number of aromatic nitrogens is 2. The van der Waals surface area contributed by atoms with Gasteiger partial charge in [0, 0.05) is 36.1 Å². The number of fused-ring (bicyclic) bond motifs is 1. The van der Waals surface area contributed by atoms with Crippen molar-refractivity contribution in [1.29, 1.82) is 0 Å². The number of ether oxygens (including phenoxy) is 2. The van der Waals surface area contributed by atoms with E-state index in [-0.39, 0.29) is 29.6 Å². The number of methoxy groups -OCH3 is 1. The van der Waals surface area contributed by atoms with Crippen molar-refractivity contribution in [2.75, 3.05) is 20.3 Å². The summed E-state index contributed by atoms with van der Waals surface area (Å²) in [7, 11) is 0.385. The van der Waals surface area contributed by atoms with Gasteiger partial charge in [0.25, 0.3) is 0 Å². The number of para-hydroxylation sites is 2. The Morgan fingerprint density at radius 1 is 1.12 bits per heavy atom. The molecule has 1 atom stereocenters. The molecule has 1 unspecified atom stereocenters. The fourth-order valence-electron chi connectivity index (χ4n) is 2.55. The Morgan fingerprint density at radius 2 is 1.92 bits per heavy atom. The van der Waals surface area contributed by atoms with Crippen LogP contribution in [0, 0.1) is 6.92 Å². The second kappa shape index (κ2) is 10.2. The molecular formula is C19H21N2NaO3S. The summed E-state index contributed by atoms with van der Waals surface area (Å²) in [5, 5.41) is 0.381. The molecule has 5 nitrogen and oxygen atoms in total. The number of hydrogen-bond donors (Lipinski definition) is 0. The zero-order valence-corrected chi connectivity index (χ0v) is 18.2. The van der Waals surface area contributed by atoms with Crippen LogP contribution in [0.25, 0.3) is 11.0 Å². The maximum Gasteiger partial charge on any atom is 1.00 e. The average Bonchev–Trinajstić information content (AvgIpc) is 3.06. The first-order valence-electron chi connectivity index (χ1n) is 8.17. The van der Waals surface area contributed by atoms with Crippen LogP contribution in [0.15, 0.2) is 47.6 Å². The Kier molecular flexibility index (Phi) is 8.31. The third-order valence-corrected chi connectivity index (χ3v) is 5.11. The number of nitrogens with zero attached hydrogens (tertiary/aromatic N) is 2. The summed E-state index contributed by atoms with van der Waals surface area (Å²) < 4.78 is 23.5. The first kappa shape index (κ1) is 21.1. The summed E-state index contributed by atoms with van der Waals surface area (Å²) in [4.78, 5) is 8.75. The predicted molar refractivity (Wildman–Crippen MR) is 98.3 cm³/mol. The molecule has 3 aromatic rings. The van der Waals surface area contributed by atoms with Gasteiger partial charge in [-0.1, -0.05) is 36.4 Å². The maximum absolute atomic E-state index is 12.7. The molecule has 7 heteroatoms. The van der Waals surface area contributed by atoms with Gasteiger partial charge in [-0.25, -0.2) is 0 Å². The summed E-state index contributed by atoms with van der Waals surface area (Å²) in [5.74, 6) is 1.19. The Labute approximate surface area is 178 Å². The second-order valence-corrected chi connectivity index (χ2v) is 7.06. The van der Waals surface area contributed by atoms with Gasteiger partial charge in [-0.05, 0) is 35.2 Å². The SMILES string of the molecule is COCCCOc1cccc(CS(=O)c2nc3ccccc3[n-]2)c1C.[Na+]. The Bertz CT molecular complexity index is 849. The molecule has 1 aromatic heterocycles. The zero-order valence-electron chi connectivity index (χ0n) is 15.4. The molecule has 0 N–H and O–H groups in total. The minimum absolute atomic E-state index is 0. The molecule has 2 aromatic carbocycles. The van der Waals surface area contributed by atoms with Gasteiger partial charge < -0.3 is 19.4 Å². The van der Waals surface area contributed by atoms with E-state index in [2.05, 4.69) is 9.97 Å². The molecule has 0 bridgehead atoms. The Morgan fingerprint density at radius 3 is 2.69 bits per heavy atom. The van der Waals surface area contributed by atoms with Crippen LogP contribution in [0.1, 0.15) is 17.5 Å². The summed E-state index contributed by atoms with van der Waals surface area (Å²) in [5.41, 5.74) is 3.54. The molecule has 3 rings (SSSR count). The minimum Gasteiger partial charge on any atom is -0.493 e. The van der Waals surface area contributed by atoms with E-state index in [1.54, 1.807) is 7.11 Å². The van der Waals surface area contributed by atoms with Crippen molar-refractivity contribution in [3.05, 3.63) is 53.6 Å². The molecule has 26 heavy (non-hydrogen) atoms. The van der Waals surface area contributed by atoms with Crippen LogP contribution in [0.3, 0.4) is 0 Å². The summed E-state index contributed by atoms with van der Waals surface area (Å²) in [6.45, 7) is 3.25. The number of imidazole rings is 1. The van der Waals surface area contributed by atoms with Crippen molar-refractivity contribution < 1.29 is 43.2 Å². The quantitative estimate of drug-likeness (QED) is 0.414. The third kappa shape index (κ3) is 5.18. The van der Waals surface area contributed by atoms with Crippen LogP contribution in [0.4, 0.5) is 0 Å². The van der Waals surface area contributed by atoms with E-state index in [9.17, 15) is 4.21 Å². The van der Waals surface area contributed by atoms with Crippen LogP contribution >= 0.6 is 0 Å². The van der Waals surface area contributed by atoms with Crippen LogP contribution < -0.4 is 39.3 Å². The molecule has 0 aliphatic heterocycles. The smallest absolute Gasteiger partial charge is 0.493 e. The van der Waals surface area contributed by atoms with Crippen LogP contribution in [-0.2, 0) is 21.3 Å². The monoisotopic (exact) mass is 380 g/mol. The summed E-state index contributed by atoms with van der Waals surface area (Å²) in [6, 6.07) is 13.4. The zero-order chi connectivity index (χ0) is 17.6. The molecule has 0 saturated carbocycles. The van der Waals surface area contributed by atoms with E-state index >= 15 is 0 Å². The minimum atomic E-state index is -1.29. The van der Waals surface area contributed by atoms with Gasteiger partial charge >= 0.3 is 29.6 Å². The van der Waals surface area contributed by atoms with Gasteiger partial charge in [0.1, 0.15) is 5.75 Å². The molecule has 0 fully saturated rings. The van der Waals surface area contributed by atoms with E-state index < -0.39 is 10.8 Å². The first-order valence-corrected chi connectivity index (χ1v) is 9.49. The first-order chi connectivity index (χ1) is 12.2. The van der Waals surface area contributed by atoms with Crippen molar-refractivity contribution in [1.82, 2.24) is 9.97 Å². The number of hydrogen-bond acceptors (Lipinski definition) is 4. The van der Waals surface area contributed by atoms with Gasteiger partial charge in [0.05, 0.1) is 12.4 Å². The van der Waals surface area contributed by atoms with E-state index in [0.717, 1.165) is 34.3 Å². The molecule has 0 amide bonds. The van der Waals surface area contributed by atoms with Crippen molar-refractivity contribution >= 4 is 21.8 Å². The predicted octanol–water partition coefficient (Wildman–Crippen LogP) is 0.228. The largest absolute Gasteiger partial charge is 1.00 e. The second-order valence-electron chi connectivity index (χ2n) is 5.72. The molecule has 0 saturated heterocycles. The normalized spacial score (nSPS) is 11.9. The molecular weight excluding hydrogens is 359 g/mol. The molecule has 0 spiro atoms. The van der Waals surface area contributed by atoms with Crippen molar-refractivity contribution in [2.45, 2.75) is 24.3 Å². The Hall–Kier alpha value is -1.18. The van der Waals surface area contributed by atoms with Gasteiger partial charge in [0.2, 0.25) is 0 Å². The number of rotatable bonds is 8. The van der Waals surface area contributed by atoms with E-state index in [0.29, 0.717) is 24.1 Å². The van der Waals surface area contributed by atoms with Crippen LogP contribution in [0.5, 0.6) is 5.75 Å². The van der Waals surface area contributed by atoms with E-state index in [1.165, 1.54) is 0 Å². The standard InChI is InChI=1S/C19H21N2O3S.Na/c1-14-15(7-5-10-18(14)24-12-6-11-23-2)13-25(22)19-20-16-8-3-4-9-17(16)21-19;/h3-5,7-10H,6,11-13H2,1-2H3;/q-1;+1. The van der Waals surface area contributed by atoms with Crippen molar-refractivity contribution in [2.24, 2.45) is 0 Å². The van der Waals surface area contributed by atoms with Gasteiger partial charge in [0.15, 0.2) is 0 Å². The third-order valence-electron chi connectivity index (χ3n) is 3.95.